The van der Waals surface area contributed by atoms with Crippen LogP contribution in [0.4, 0.5) is 5.88 Å². The molecule has 0 aliphatic heterocycles. The van der Waals surface area contributed by atoms with Crippen LogP contribution in [-0.2, 0) is 0 Å². The lowest BCUT2D eigenvalue weighted by molar-refractivity contribution is 0.458. The van der Waals surface area contributed by atoms with Gasteiger partial charge in [-0.05, 0) is 12.1 Å². The zero-order valence-electron chi connectivity index (χ0n) is 9.64. The molecule has 5 nitrogen and oxygen atoms in total. The molecular formula is C12H12N4O. The van der Waals surface area contributed by atoms with E-state index in [1.54, 1.807) is 5.01 Å². The van der Waals surface area contributed by atoms with Gasteiger partial charge in [-0.15, -0.1) is 0 Å². The number of rotatable bonds is 3. The maximum atomic E-state index is 8.96. The van der Waals surface area contributed by atoms with E-state index < -0.39 is 0 Å². The number of nitrogens with one attached hydrogen (secondary N) is 1. The van der Waals surface area contributed by atoms with E-state index in [-0.39, 0.29) is 5.69 Å². The van der Waals surface area contributed by atoms with Crippen LogP contribution in [0.3, 0.4) is 0 Å². The van der Waals surface area contributed by atoms with Crippen LogP contribution in [0, 0.1) is 11.3 Å². The van der Waals surface area contributed by atoms with Gasteiger partial charge in [-0.25, -0.2) is 5.01 Å². The van der Waals surface area contributed by atoms with E-state index in [0.717, 1.165) is 5.56 Å². The largest absolute Gasteiger partial charge is 0.418 e. The SMILES string of the molecule is CN(C)Nc1oc(-c2ccccc2)nc1C#N. The van der Waals surface area contributed by atoms with Gasteiger partial charge in [0.1, 0.15) is 6.07 Å². The molecule has 17 heavy (non-hydrogen) atoms. The molecule has 0 saturated carbocycles. The summed E-state index contributed by atoms with van der Waals surface area (Å²) in [5.41, 5.74) is 3.99. The number of aromatic nitrogens is 1. The lowest BCUT2D eigenvalue weighted by Gasteiger charge is -2.09. The minimum atomic E-state index is 0.248. The lowest BCUT2D eigenvalue weighted by atomic mass is 10.2. The third-order valence-electron chi connectivity index (χ3n) is 2.08. The minimum Gasteiger partial charge on any atom is -0.418 e. The van der Waals surface area contributed by atoms with Gasteiger partial charge in [-0.2, -0.15) is 10.2 Å². The van der Waals surface area contributed by atoms with Crippen LogP contribution in [-0.4, -0.2) is 24.1 Å². The molecule has 2 rings (SSSR count). The molecule has 0 saturated heterocycles. The van der Waals surface area contributed by atoms with E-state index in [1.807, 2.05) is 50.5 Å². The number of nitriles is 1. The number of benzene rings is 1. The van der Waals surface area contributed by atoms with E-state index in [9.17, 15) is 0 Å². The highest BCUT2D eigenvalue weighted by Crippen LogP contribution is 2.24. The topological polar surface area (TPSA) is 65.1 Å². The Morgan fingerprint density at radius 1 is 1.29 bits per heavy atom. The van der Waals surface area contributed by atoms with Crippen LogP contribution in [0.2, 0.25) is 0 Å². The van der Waals surface area contributed by atoms with E-state index in [2.05, 4.69) is 10.4 Å². The second-order valence-corrected chi connectivity index (χ2v) is 3.68. The second kappa shape index (κ2) is 4.68. The molecule has 0 radical (unpaired) electrons. The van der Waals surface area contributed by atoms with Crippen LogP contribution < -0.4 is 5.43 Å². The van der Waals surface area contributed by atoms with Gasteiger partial charge >= 0.3 is 0 Å². The zero-order chi connectivity index (χ0) is 12.3. The zero-order valence-corrected chi connectivity index (χ0v) is 9.64. The van der Waals surface area contributed by atoms with Crippen molar-refractivity contribution in [3.05, 3.63) is 36.0 Å². The van der Waals surface area contributed by atoms with Crippen molar-refractivity contribution in [2.75, 3.05) is 19.5 Å². The molecule has 0 fully saturated rings. The van der Waals surface area contributed by atoms with Gasteiger partial charge in [0.2, 0.25) is 17.5 Å². The van der Waals surface area contributed by atoms with Gasteiger partial charge in [0.05, 0.1) is 0 Å². The summed E-state index contributed by atoms with van der Waals surface area (Å²) in [6.45, 7) is 0. The molecule has 1 N–H and O–H groups in total. The van der Waals surface area contributed by atoms with Crippen molar-refractivity contribution in [1.82, 2.24) is 9.99 Å². The fraction of sp³-hybridized carbons (Fsp3) is 0.167. The Morgan fingerprint density at radius 3 is 2.59 bits per heavy atom. The van der Waals surface area contributed by atoms with Gasteiger partial charge in [-0.3, -0.25) is 5.43 Å². The monoisotopic (exact) mass is 228 g/mol. The first kappa shape index (κ1) is 11.2. The number of oxazole rings is 1. The Balaban J connectivity index is 2.39. The highest BCUT2D eigenvalue weighted by molar-refractivity contribution is 5.58. The van der Waals surface area contributed by atoms with Crippen molar-refractivity contribution in [2.45, 2.75) is 0 Å². The summed E-state index contributed by atoms with van der Waals surface area (Å²) in [7, 11) is 3.62. The molecule has 0 amide bonds. The van der Waals surface area contributed by atoms with Gasteiger partial charge in [0, 0.05) is 19.7 Å². The van der Waals surface area contributed by atoms with Gasteiger partial charge < -0.3 is 4.42 Å². The first-order chi connectivity index (χ1) is 8.20. The summed E-state index contributed by atoms with van der Waals surface area (Å²) >= 11 is 0. The predicted molar refractivity (Wildman–Crippen MR) is 64.0 cm³/mol. The predicted octanol–water partition coefficient (Wildman–Crippen LogP) is 2.10. The van der Waals surface area contributed by atoms with Crippen LogP contribution in [0.25, 0.3) is 11.5 Å². The summed E-state index contributed by atoms with van der Waals surface area (Å²) in [5.74, 6) is 0.794. The Kier molecular flexibility index (Phi) is 3.08. The molecule has 0 unspecified atom stereocenters. The van der Waals surface area contributed by atoms with Crippen LogP contribution in [0.5, 0.6) is 0 Å². The number of hydrogen-bond donors (Lipinski definition) is 1. The number of nitrogens with zero attached hydrogens (tertiary/aromatic N) is 3. The fourth-order valence-electron chi connectivity index (χ4n) is 1.38. The molecule has 0 aliphatic carbocycles. The Labute approximate surface area is 99.3 Å². The van der Waals surface area contributed by atoms with E-state index in [1.165, 1.54) is 0 Å². The van der Waals surface area contributed by atoms with Crippen LogP contribution >= 0.6 is 0 Å². The van der Waals surface area contributed by atoms with E-state index >= 15 is 0 Å². The molecule has 1 aromatic carbocycles. The standard InChI is InChI=1S/C12H12N4O/c1-16(2)15-12-10(8-13)14-11(17-12)9-6-4-3-5-7-9/h3-7,15H,1-2H3. The molecule has 0 aliphatic rings. The van der Waals surface area contributed by atoms with Crippen molar-refractivity contribution in [2.24, 2.45) is 0 Å². The average molecular weight is 228 g/mol. The van der Waals surface area contributed by atoms with Crippen LogP contribution in [0.15, 0.2) is 34.7 Å². The van der Waals surface area contributed by atoms with Crippen molar-refractivity contribution in [1.29, 1.82) is 5.26 Å². The first-order valence-corrected chi connectivity index (χ1v) is 5.11. The maximum absolute atomic E-state index is 8.96. The maximum Gasteiger partial charge on any atom is 0.246 e. The molecule has 1 aromatic heterocycles. The quantitative estimate of drug-likeness (QED) is 0.815. The lowest BCUT2D eigenvalue weighted by Crippen LogP contribution is -2.19. The normalized spacial score (nSPS) is 10.2. The Bertz CT molecular complexity index is 539. The Morgan fingerprint density at radius 2 is 2.00 bits per heavy atom. The third kappa shape index (κ3) is 2.44. The van der Waals surface area contributed by atoms with Crippen molar-refractivity contribution in [3.63, 3.8) is 0 Å². The van der Waals surface area contributed by atoms with Gasteiger partial charge in [0.15, 0.2) is 0 Å². The molecule has 2 aromatic rings. The molecule has 1 heterocycles. The Hall–Kier alpha value is -2.32. The number of anilines is 1. The van der Waals surface area contributed by atoms with Crippen LogP contribution in [0.1, 0.15) is 5.69 Å². The van der Waals surface area contributed by atoms with Crippen molar-refractivity contribution >= 4 is 5.88 Å². The highest BCUT2D eigenvalue weighted by atomic mass is 16.4. The van der Waals surface area contributed by atoms with E-state index in [4.69, 9.17) is 9.68 Å². The summed E-state index contributed by atoms with van der Waals surface area (Å²) < 4.78 is 5.52. The molecular weight excluding hydrogens is 216 g/mol. The van der Waals surface area contributed by atoms with Crippen molar-refractivity contribution in [3.8, 4) is 17.5 Å². The highest BCUT2D eigenvalue weighted by Gasteiger charge is 2.14. The molecule has 0 spiro atoms. The average Bonchev–Trinajstić information content (AvgIpc) is 2.72. The molecule has 0 atom stereocenters. The number of hydrazine groups is 1. The summed E-state index contributed by atoms with van der Waals surface area (Å²) in [6.07, 6.45) is 0. The summed E-state index contributed by atoms with van der Waals surface area (Å²) in [6, 6.07) is 11.5. The summed E-state index contributed by atoms with van der Waals surface area (Å²) in [5, 5.41) is 10.7. The van der Waals surface area contributed by atoms with Crippen molar-refractivity contribution < 1.29 is 4.42 Å². The van der Waals surface area contributed by atoms with Gasteiger partial charge in [-0.1, -0.05) is 18.2 Å². The van der Waals surface area contributed by atoms with Gasteiger partial charge in [0.25, 0.3) is 0 Å². The molecule has 5 heteroatoms. The smallest absolute Gasteiger partial charge is 0.246 e. The first-order valence-electron chi connectivity index (χ1n) is 5.11. The fourth-order valence-corrected chi connectivity index (χ4v) is 1.38. The number of hydrogen-bond acceptors (Lipinski definition) is 5. The van der Waals surface area contributed by atoms with E-state index in [0.29, 0.717) is 11.8 Å². The molecule has 0 bridgehead atoms. The minimum absolute atomic E-state index is 0.248. The molecule has 86 valence electrons. The summed E-state index contributed by atoms with van der Waals surface area (Å²) in [4.78, 5) is 4.14. The second-order valence-electron chi connectivity index (χ2n) is 3.68. The third-order valence-corrected chi connectivity index (χ3v) is 2.08.